The number of urea groups is 1. The molecular weight excluding hydrogens is 448 g/mol. The van der Waals surface area contributed by atoms with Gasteiger partial charge in [0.05, 0.1) is 19.4 Å². The Hall–Kier alpha value is -3.63. The summed E-state index contributed by atoms with van der Waals surface area (Å²) in [6, 6.07) is 9.90. The first-order valence-corrected chi connectivity index (χ1v) is 11.9. The van der Waals surface area contributed by atoms with Crippen molar-refractivity contribution in [2.24, 2.45) is 0 Å². The molecule has 0 bridgehead atoms. The topological polar surface area (TPSA) is 105 Å². The number of pyridine rings is 1. The van der Waals surface area contributed by atoms with Gasteiger partial charge >= 0.3 is 6.03 Å². The third kappa shape index (κ3) is 5.55. The van der Waals surface area contributed by atoms with Crippen LogP contribution in [0.1, 0.15) is 12.5 Å². The van der Waals surface area contributed by atoms with Crippen LogP contribution in [0.15, 0.2) is 47.1 Å². The Labute approximate surface area is 204 Å². The van der Waals surface area contributed by atoms with Crippen molar-refractivity contribution < 1.29 is 18.7 Å². The number of hydrogen-bond acceptors (Lipinski definition) is 8. The summed E-state index contributed by atoms with van der Waals surface area (Å²) < 4.78 is 17.3. The van der Waals surface area contributed by atoms with Gasteiger partial charge in [-0.15, -0.1) is 0 Å². The van der Waals surface area contributed by atoms with Crippen LogP contribution in [0, 0.1) is 6.92 Å². The van der Waals surface area contributed by atoms with Crippen LogP contribution < -0.4 is 20.3 Å². The Morgan fingerprint density at radius 1 is 1.20 bits per heavy atom. The minimum Gasteiger partial charge on any atom is -0.492 e. The lowest BCUT2D eigenvalue weighted by Gasteiger charge is -2.26. The second kappa shape index (κ2) is 10.3. The zero-order valence-corrected chi connectivity index (χ0v) is 20.0. The van der Waals surface area contributed by atoms with Crippen molar-refractivity contribution >= 4 is 23.6 Å². The summed E-state index contributed by atoms with van der Waals surface area (Å²) in [5.41, 5.74) is 2.70. The van der Waals surface area contributed by atoms with E-state index in [2.05, 4.69) is 25.5 Å². The molecular formula is C25H30N6O4. The first-order chi connectivity index (χ1) is 17.0. The van der Waals surface area contributed by atoms with Crippen molar-refractivity contribution in [3.05, 3.63) is 48.3 Å². The molecule has 0 aliphatic carbocycles. The first-order valence-electron chi connectivity index (χ1n) is 11.9. The monoisotopic (exact) mass is 478 g/mol. The van der Waals surface area contributed by atoms with Crippen molar-refractivity contribution in [3.8, 4) is 17.1 Å². The molecule has 0 spiro atoms. The van der Waals surface area contributed by atoms with E-state index >= 15 is 0 Å². The summed E-state index contributed by atoms with van der Waals surface area (Å²) in [6.07, 6.45) is 3.32. The molecule has 2 aromatic heterocycles. The summed E-state index contributed by atoms with van der Waals surface area (Å²) in [6.45, 7) is 9.49. The number of carbonyl (C=O) groups is 1. The Morgan fingerprint density at radius 2 is 2.06 bits per heavy atom. The Balaban J connectivity index is 1.24. The molecule has 2 fully saturated rings. The maximum absolute atomic E-state index is 12.2. The van der Waals surface area contributed by atoms with E-state index in [9.17, 15) is 4.79 Å². The SMILES string of the molecule is Cc1ccc(OCCN2CCOCC2)cc1Nc1ncc(-c2ccnc(N3CC(C)NC3=O)c2)o1. The molecule has 2 saturated heterocycles. The summed E-state index contributed by atoms with van der Waals surface area (Å²) in [4.78, 5) is 24.9. The van der Waals surface area contributed by atoms with Gasteiger partial charge in [-0.1, -0.05) is 6.07 Å². The van der Waals surface area contributed by atoms with Gasteiger partial charge in [-0.05, 0) is 37.6 Å². The largest absolute Gasteiger partial charge is 0.492 e. The maximum Gasteiger partial charge on any atom is 0.323 e. The lowest BCUT2D eigenvalue weighted by Crippen LogP contribution is -2.38. The fourth-order valence-corrected chi connectivity index (χ4v) is 4.13. The average molecular weight is 479 g/mol. The minimum absolute atomic E-state index is 0.0800. The number of amides is 2. The van der Waals surface area contributed by atoms with Gasteiger partial charge < -0.3 is 24.5 Å². The van der Waals surface area contributed by atoms with Gasteiger partial charge in [0.15, 0.2) is 5.76 Å². The molecule has 0 radical (unpaired) electrons. The van der Waals surface area contributed by atoms with Crippen molar-refractivity contribution in [1.82, 2.24) is 20.2 Å². The standard InChI is InChI=1S/C25H30N6O4/c1-17-3-4-20(34-12-9-30-7-10-33-11-8-30)14-21(17)29-24-27-15-22(35-24)19-5-6-26-23(13-19)31-16-18(2)28-25(31)32/h3-6,13-15,18H,7-12,16H2,1-2H3,(H,27,29)(H,28,32). The lowest BCUT2D eigenvalue weighted by molar-refractivity contribution is 0.0322. The zero-order chi connectivity index (χ0) is 24.2. The first kappa shape index (κ1) is 23.1. The van der Waals surface area contributed by atoms with Gasteiger partial charge in [-0.2, -0.15) is 0 Å². The van der Waals surface area contributed by atoms with Crippen LogP contribution in [0.25, 0.3) is 11.3 Å². The van der Waals surface area contributed by atoms with Crippen molar-refractivity contribution in [2.75, 3.05) is 56.2 Å². The molecule has 2 aliphatic heterocycles. The number of aromatic nitrogens is 2. The van der Waals surface area contributed by atoms with Gasteiger partial charge in [0.2, 0.25) is 0 Å². The van der Waals surface area contributed by atoms with Gasteiger partial charge in [0.1, 0.15) is 18.2 Å². The van der Waals surface area contributed by atoms with E-state index in [1.807, 2.05) is 44.2 Å². The van der Waals surface area contributed by atoms with Crippen LogP contribution in [0.2, 0.25) is 0 Å². The van der Waals surface area contributed by atoms with E-state index in [0.717, 1.165) is 55.4 Å². The average Bonchev–Trinajstić information content (AvgIpc) is 3.47. The number of ether oxygens (including phenoxy) is 2. The van der Waals surface area contributed by atoms with Gasteiger partial charge in [0.25, 0.3) is 6.01 Å². The van der Waals surface area contributed by atoms with Crippen LogP contribution in [-0.2, 0) is 4.74 Å². The Morgan fingerprint density at radius 3 is 2.86 bits per heavy atom. The molecule has 1 aromatic carbocycles. The van der Waals surface area contributed by atoms with E-state index in [-0.39, 0.29) is 12.1 Å². The van der Waals surface area contributed by atoms with Crippen molar-refractivity contribution in [2.45, 2.75) is 19.9 Å². The predicted octanol–water partition coefficient (Wildman–Crippen LogP) is 3.42. The number of nitrogens with one attached hydrogen (secondary N) is 2. The molecule has 2 aliphatic rings. The van der Waals surface area contributed by atoms with Crippen LogP contribution in [0.5, 0.6) is 5.75 Å². The third-order valence-electron chi connectivity index (χ3n) is 6.11. The number of hydrogen-bond donors (Lipinski definition) is 2. The Kier molecular flexibility index (Phi) is 6.82. The van der Waals surface area contributed by atoms with Crippen LogP contribution in [0.4, 0.5) is 22.3 Å². The third-order valence-corrected chi connectivity index (χ3v) is 6.11. The highest BCUT2D eigenvalue weighted by Gasteiger charge is 2.28. The van der Waals surface area contributed by atoms with E-state index in [0.29, 0.717) is 30.7 Å². The fourth-order valence-electron chi connectivity index (χ4n) is 4.13. The molecule has 2 N–H and O–H groups in total. The normalized spacial score (nSPS) is 18.5. The molecule has 35 heavy (non-hydrogen) atoms. The summed E-state index contributed by atoms with van der Waals surface area (Å²) in [5, 5.41) is 6.13. The molecule has 2 amide bonds. The zero-order valence-electron chi connectivity index (χ0n) is 20.0. The molecule has 1 unspecified atom stereocenters. The molecule has 1 atom stereocenters. The van der Waals surface area contributed by atoms with Gasteiger partial charge in [-0.25, -0.2) is 14.8 Å². The summed E-state index contributed by atoms with van der Waals surface area (Å²) in [5.74, 6) is 1.95. The van der Waals surface area contributed by atoms with Gasteiger partial charge in [0, 0.05) is 55.7 Å². The van der Waals surface area contributed by atoms with Crippen LogP contribution in [0.3, 0.4) is 0 Å². The summed E-state index contributed by atoms with van der Waals surface area (Å²) in [7, 11) is 0. The Bertz CT molecular complexity index is 1180. The van der Waals surface area contributed by atoms with E-state index in [4.69, 9.17) is 13.9 Å². The second-order valence-corrected chi connectivity index (χ2v) is 8.80. The smallest absolute Gasteiger partial charge is 0.323 e. The van der Waals surface area contributed by atoms with E-state index < -0.39 is 0 Å². The highest BCUT2D eigenvalue weighted by Crippen LogP contribution is 2.29. The molecule has 184 valence electrons. The highest BCUT2D eigenvalue weighted by atomic mass is 16.5. The van der Waals surface area contributed by atoms with Gasteiger partial charge in [-0.3, -0.25) is 9.80 Å². The lowest BCUT2D eigenvalue weighted by atomic mass is 10.2. The highest BCUT2D eigenvalue weighted by molar-refractivity contribution is 5.94. The van der Waals surface area contributed by atoms with Crippen LogP contribution >= 0.6 is 0 Å². The minimum atomic E-state index is -0.149. The number of morpholine rings is 1. The molecule has 4 heterocycles. The number of carbonyl (C=O) groups excluding carboxylic acids is 1. The molecule has 3 aromatic rings. The summed E-state index contributed by atoms with van der Waals surface area (Å²) >= 11 is 0. The molecule has 10 heteroatoms. The molecule has 0 saturated carbocycles. The number of rotatable bonds is 8. The second-order valence-electron chi connectivity index (χ2n) is 8.80. The van der Waals surface area contributed by atoms with E-state index in [1.54, 1.807) is 17.3 Å². The molecule has 5 rings (SSSR count). The quantitative estimate of drug-likeness (QED) is 0.508. The number of benzene rings is 1. The predicted molar refractivity (Wildman–Crippen MR) is 132 cm³/mol. The van der Waals surface area contributed by atoms with Crippen molar-refractivity contribution in [1.29, 1.82) is 0 Å². The maximum atomic E-state index is 12.2. The number of aryl methyl sites for hydroxylation is 1. The van der Waals surface area contributed by atoms with Crippen molar-refractivity contribution in [3.63, 3.8) is 0 Å². The fraction of sp³-hybridized carbons (Fsp3) is 0.400. The molecule has 10 nitrogen and oxygen atoms in total. The number of anilines is 3. The van der Waals surface area contributed by atoms with Crippen LogP contribution in [-0.4, -0.2) is 72.9 Å². The number of oxazole rings is 1. The number of nitrogens with zero attached hydrogens (tertiary/aromatic N) is 4. The van der Waals surface area contributed by atoms with E-state index in [1.165, 1.54) is 0 Å².